The molecule has 2 aromatic carbocycles. The molecule has 2 N–H and O–H groups in total. The Morgan fingerprint density at radius 2 is 1.70 bits per heavy atom. The van der Waals surface area contributed by atoms with Crippen molar-refractivity contribution < 1.29 is 5.11 Å². The Balaban J connectivity index is 1.16. The van der Waals surface area contributed by atoms with Gasteiger partial charge in [0.05, 0.1) is 5.60 Å². The van der Waals surface area contributed by atoms with Crippen LogP contribution in [-0.2, 0) is 12.8 Å². The highest BCUT2D eigenvalue weighted by Crippen LogP contribution is 2.45. The molecule has 2 heterocycles. The van der Waals surface area contributed by atoms with Gasteiger partial charge in [-0.3, -0.25) is 0 Å². The second-order valence-corrected chi connectivity index (χ2v) is 8.47. The second kappa shape index (κ2) is 6.73. The Labute approximate surface area is 159 Å². The number of aromatic nitrogens is 3. The Bertz CT molecular complexity index is 908. The number of aliphatic hydroxyl groups is 1. The normalized spacial score (nSPS) is 28.0. The van der Waals surface area contributed by atoms with E-state index in [-0.39, 0.29) is 0 Å². The number of H-pyrrole nitrogens is 1. The van der Waals surface area contributed by atoms with Crippen molar-refractivity contribution in [2.24, 2.45) is 11.8 Å². The summed E-state index contributed by atoms with van der Waals surface area (Å²) < 4.78 is 0. The number of fused-ring (bicyclic) bond motifs is 2. The largest absolute Gasteiger partial charge is 0.390 e. The van der Waals surface area contributed by atoms with Crippen molar-refractivity contribution in [3.63, 3.8) is 0 Å². The maximum atomic E-state index is 11.1. The smallest absolute Gasteiger partial charge is 0.113 e. The van der Waals surface area contributed by atoms with Gasteiger partial charge in [0.1, 0.15) is 11.0 Å². The summed E-state index contributed by atoms with van der Waals surface area (Å²) in [5.41, 5.74) is 3.92. The average molecular weight is 362 g/mol. The van der Waals surface area contributed by atoms with Gasteiger partial charge in [-0.05, 0) is 54.4 Å². The molecule has 3 aromatic rings. The molecule has 3 atom stereocenters. The van der Waals surface area contributed by atoms with Crippen LogP contribution in [0.15, 0.2) is 48.5 Å². The molecule has 27 heavy (non-hydrogen) atoms. The highest BCUT2D eigenvalue weighted by molar-refractivity contribution is 5.74. The van der Waals surface area contributed by atoms with E-state index in [1.54, 1.807) is 0 Å². The van der Waals surface area contributed by atoms with E-state index in [1.807, 2.05) is 12.1 Å². The van der Waals surface area contributed by atoms with Gasteiger partial charge in [-0.25, -0.2) is 0 Å². The molecule has 2 fully saturated rings. The minimum atomic E-state index is -0.513. The number of nitrogens with zero attached hydrogens (tertiary/aromatic N) is 3. The minimum absolute atomic E-state index is 0.513. The minimum Gasteiger partial charge on any atom is -0.390 e. The van der Waals surface area contributed by atoms with Crippen molar-refractivity contribution in [3.05, 3.63) is 59.7 Å². The maximum Gasteiger partial charge on any atom is 0.113 e. The Morgan fingerprint density at radius 1 is 0.963 bits per heavy atom. The lowest BCUT2D eigenvalue weighted by Crippen LogP contribution is -2.32. The van der Waals surface area contributed by atoms with Gasteiger partial charge in [0.15, 0.2) is 0 Å². The van der Waals surface area contributed by atoms with E-state index in [4.69, 9.17) is 0 Å². The summed E-state index contributed by atoms with van der Waals surface area (Å²) >= 11 is 0. The first-order valence-corrected chi connectivity index (χ1v) is 9.95. The summed E-state index contributed by atoms with van der Waals surface area (Å²) in [6.45, 7) is 3.31. The number of nitrogens with one attached hydrogen (secondary N) is 1. The van der Waals surface area contributed by atoms with Gasteiger partial charge >= 0.3 is 0 Å². The summed E-state index contributed by atoms with van der Waals surface area (Å²) in [7, 11) is 0. The lowest BCUT2D eigenvalue weighted by Gasteiger charge is -2.26. The number of hydrogen-bond donors (Lipinski definition) is 2. The molecule has 1 unspecified atom stereocenters. The van der Waals surface area contributed by atoms with E-state index in [0.717, 1.165) is 56.4 Å². The molecule has 2 aliphatic rings. The van der Waals surface area contributed by atoms with E-state index in [9.17, 15) is 5.11 Å². The molecule has 0 radical (unpaired) electrons. The lowest BCUT2D eigenvalue weighted by molar-refractivity contribution is 0.0355. The summed E-state index contributed by atoms with van der Waals surface area (Å²) in [4.78, 5) is 2.57. The van der Waals surface area contributed by atoms with Gasteiger partial charge in [0, 0.05) is 26.1 Å². The molecule has 1 saturated heterocycles. The van der Waals surface area contributed by atoms with Crippen molar-refractivity contribution in [1.82, 2.24) is 20.3 Å². The molecule has 1 aliphatic carbocycles. The fourth-order valence-corrected chi connectivity index (χ4v) is 5.19. The molecule has 5 rings (SSSR count). The van der Waals surface area contributed by atoms with Crippen LogP contribution in [0.3, 0.4) is 0 Å². The van der Waals surface area contributed by atoms with Gasteiger partial charge in [0.2, 0.25) is 0 Å². The lowest BCUT2D eigenvalue weighted by atomic mass is 9.91. The van der Waals surface area contributed by atoms with Gasteiger partial charge < -0.3 is 10.0 Å². The van der Waals surface area contributed by atoms with Gasteiger partial charge in [-0.15, -0.1) is 0 Å². The molecule has 1 aromatic heterocycles. The number of rotatable bonds is 5. The topological polar surface area (TPSA) is 65.0 Å². The molecule has 1 saturated carbocycles. The predicted molar refractivity (Wildman–Crippen MR) is 105 cm³/mol. The van der Waals surface area contributed by atoms with Crippen LogP contribution in [0, 0.1) is 11.8 Å². The third-order valence-electron chi connectivity index (χ3n) is 6.41. The monoisotopic (exact) mass is 362 g/mol. The molecular formula is C22H26N4O. The van der Waals surface area contributed by atoms with Crippen LogP contribution in [0.4, 0.5) is 0 Å². The van der Waals surface area contributed by atoms with Gasteiger partial charge in [-0.1, -0.05) is 36.4 Å². The third kappa shape index (κ3) is 3.49. The number of likely N-dealkylation sites (tertiary alicyclic amines) is 1. The Kier molecular flexibility index (Phi) is 4.21. The first-order chi connectivity index (χ1) is 13.2. The van der Waals surface area contributed by atoms with E-state index in [0.29, 0.717) is 11.8 Å². The van der Waals surface area contributed by atoms with Crippen molar-refractivity contribution in [2.45, 2.75) is 31.3 Å². The van der Waals surface area contributed by atoms with Crippen molar-refractivity contribution in [3.8, 4) is 0 Å². The molecule has 5 heteroatoms. The highest BCUT2D eigenvalue weighted by atomic mass is 16.3. The van der Waals surface area contributed by atoms with Crippen LogP contribution in [0.2, 0.25) is 0 Å². The van der Waals surface area contributed by atoms with Crippen LogP contribution in [0.1, 0.15) is 24.0 Å². The maximum absolute atomic E-state index is 11.1. The quantitative estimate of drug-likeness (QED) is 0.733. The van der Waals surface area contributed by atoms with Gasteiger partial charge in [-0.2, -0.15) is 15.4 Å². The van der Waals surface area contributed by atoms with Crippen LogP contribution in [0.5, 0.6) is 0 Å². The van der Waals surface area contributed by atoms with Crippen molar-refractivity contribution in [1.29, 1.82) is 0 Å². The first kappa shape index (κ1) is 16.9. The second-order valence-electron chi connectivity index (χ2n) is 8.47. The third-order valence-corrected chi connectivity index (χ3v) is 6.41. The fourth-order valence-electron chi connectivity index (χ4n) is 5.19. The van der Waals surface area contributed by atoms with Crippen LogP contribution >= 0.6 is 0 Å². The number of aromatic amines is 1. The molecule has 140 valence electrons. The SMILES string of the molecule is OC1(Cc2ccccc2)C[C@H]2CN(CCc3ccc4n[nH]nc4c3)C[C@H]2C1. The van der Waals surface area contributed by atoms with E-state index >= 15 is 0 Å². The highest BCUT2D eigenvalue weighted by Gasteiger charge is 2.47. The average Bonchev–Trinajstić information content (AvgIpc) is 3.33. The molecular weight excluding hydrogens is 336 g/mol. The fraction of sp³-hybridized carbons (Fsp3) is 0.455. The summed E-state index contributed by atoms with van der Waals surface area (Å²) in [5, 5.41) is 22.1. The van der Waals surface area contributed by atoms with E-state index < -0.39 is 5.60 Å². The Morgan fingerprint density at radius 3 is 2.48 bits per heavy atom. The number of hydrogen-bond acceptors (Lipinski definition) is 4. The van der Waals surface area contributed by atoms with Crippen molar-refractivity contribution >= 4 is 11.0 Å². The van der Waals surface area contributed by atoms with E-state index in [2.05, 4.69) is 56.7 Å². The van der Waals surface area contributed by atoms with E-state index in [1.165, 1.54) is 11.1 Å². The first-order valence-electron chi connectivity index (χ1n) is 9.95. The molecule has 0 spiro atoms. The zero-order valence-electron chi connectivity index (χ0n) is 15.5. The summed E-state index contributed by atoms with van der Waals surface area (Å²) in [6, 6.07) is 16.7. The molecule has 5 nitrogen and oxygen atoms in total. The van der Waals surface area contributed by atoms with Crippen LogP contribution in [-0.4, -0.2) is 50.7 Å². The summed E-state index contributed by atoms with van der Waals surface area (Å²) in [6.07, 6.45) is 3.71. The zero-order valence-corrected chi connectivity index (χ0v) is 15.5. The van der Waals surface area contributed by atoms with Crippen LogP contribution in [0.25, 0.3) is 11.0 Å². The van der Waals surface area contributed by atoms with Crippen molar-refractivity contribution in [2.75, 3.05) is 19.6 Å². The van der Waals surface area contributed by atoms with Crippen LogP contribution < -0.4 is 0 Å². The molecule has 0 bridgehead atoms. The predicted octanol–water partition coefficient (Wildman–Crippen LogP) is 2.82. The van der Waals surface area contributed by atoms with Gasteiger partial charge in [0.25, 0.3) is 0 Å². The standard InChI is InChI=1S/C22H26N4O/c27-22(11-17-4-2-1-3-5-17)12-18-14-26(15-19(18)13-22)9-8-16-6-7-20-21(10-16)24-25-23-20/h1-7,10,18-19,27H,8-9,11-15H2,(H,23,24,25)/t18-,19+,22?. The molecule has 1 aliphatic heterocycles. The molecule has 0 amide bonds. The number of benzene rings is 2. The summed E-state index contributed by atoms with van der Waals surface area (Å²) in [5.74, 6) is 1.27. The Hall–Kier alpha value is -2.24. The zero-order chi connectivity index (χ0) is 18.3.